The number of carbonyl (C=O) groups excluding carboxylic acids is 2. The lowest BCUT2D eigenvalue weighted by Gasteiger charge is -1.96. The first-order valence-corrected chi connectivity index (χ1v) is 6.00. The quantitative estimate of drug-likeness (QED) is 0.836. The van der Waals surface area contributed by atoms with Gasteiger partial charge in [0.2, 0.25) is 5.91 Å². The molecule has 0 saturated heterocycles. The van der Waals surface area contributed by atoms with Crippen molar-refractivity contribution in [2.75, 3.05) is 0 Å². The van der Waals surface area contributed by atoms with Gasteiger partial charge < -0.3 is 4.79 Å². The largest absolute Gasteiger partial charge is 0.300 e. The Bertz CT molecular complexity index is 638. The fraction of sp³-hybridized carbons (Fsp3) is 0.250. The minimum absolute atomic E-state index is 0.0486. The SMILES string of the molecule is CC(=O)CCC(=O)n1sc2ccccc2c1=O. The number of benzene rings is 1. The molecule has 0 spiro atoms. The number of hydrogen-bond acceptors (Lipinski definition) is 4. The van der Waals surface area contributed by atoms with Gasteiger partial charge in [0.15, 0.2) is 0 Å². The van der Waals surface area contributed by atoms with Crippen LogP contribution in [0.5, 0.6) is 0 Å². The second-order valence-electron chi connectivity index (χ2n) is 3.78. The highest BCUT2D eigenvalue weighted by molar-refractivity contribution is 7.14. The number of fused-ring (bicyclic) bond motifs is 1. The second-order valence-corrected chi connectivity index (χ2v) is 4.77. The standard InChI is InChI=1S/C12H11NO3S/c1-8(14)6-7-11(15)13-12(16)9-4-2-3-5-10(9)17-13/h2-5H,6-7H2,1H3. The van der Waals surface area contributed by atoms with Crippen LogP contribution in [0.2, 0.25) is 0 Å². The predicted molar refractivity (Wildman–Crippen MR) is 66.6 cm³/mol. The number of rotatable bonds is 3. The first-order valence-electron chi connectivity index (χ1n) is 5.23. The van der Waals surface area contributed by atoms with E-state index in [0.717, 1.165) is 20.2 Å². The van der Waals surface area contributed by atoms with E-state index >= 15 is 0 Å². The summed E-state index contributed by atoms with van der Waals surface area (Å²) >= 11 is 1.13. The summed E-state index contributed by atoms with van der Waals surface area (Å²) in [5.41, 5.74) is -0.292. The summed E-state index contributed by atoms with van der Waals surface area (Å²) < 4.78 is 1.92. The van der Waals surface area contributed by atoms with Crippen molar-refractivity contribution in [3.8, 4) is 0 Å². The van der Waals surface area contributed by atoms with Crippen molar-refractivity contribution in [1.82, 2.24) is 3.96 Å². The Balaban J connectivity index is 2.36. The van der Waals surface area contributed by atoms with Gasteiger partial charge in [0.1, 0.15) is 5.78 Å². The van der Waals surface area contributed by atoms with Crippen molar-refractivity contribution in [2.45, 2.75) is 19.8 Å². The lowest BCUT2D eigenvalue weighted by atomic mass is 10.2. The van der Waals surface area contributed by atoms with E-state index in [1.165, 1.54) is 6.92 Å². The van der Waals surface area contributed by atoms with Crippen LogP contribution in [0.4, 0.5) is 0 Å². The van der Waals surface area contributed by atoms with Gasteiger partial charge in [-0.05, 0) is 30.6 Å². The molecular weight excluding hydrogens is 238 g/mol. The zero-order valence-corrected chi connectivity index (χ0v) is 10.1. The topological polar surface area (TPSA) is 56.1 Å². The normalized spacial score (nSPS) is 10.6. The molecule has 0 aliphatic heterocycles. The van der Waals surface area contributed by atoms with E-state index in [-0.39, 0.29) is 30.1 Å². The van der Waals surface area contributed by atoms with Crippen LogP contribution in [0.25, 0.3) is 10.1 Å². The first kappa shape index (κ1) is 11.7. The van der Waals surface area contributed by atoms with E-state index in [2.05, 4.69) is 0 Å². The van der Waals surface area contributed by atoms with Gasteiger partial charge in [0.25, 0.3) is 5.56 Å². The van der Waals surface area contributed by atoms with E-state index < -0.39 is 0 Å². The third-order valence-corrected chi connectivity index (χ3v) is 3.51. The minimum Gasteiger partial charge on any atom is -0.300 e. The van der Waals surface area contributed by atoms with Gasteiger partial charge in [0, 0.05) is 12.8 Å². The Morgan fingerprint density at radius 1 is 1.24 bits per heavy atom. The van der Waals surface area contributed by atoms with Crippen molar-refractivity contribution in [1.29, 1.82) is 0 Å². The fourth-order valence-electron chi connectivity index (χ4n) is 1.52. The van der Waals surface area contributed by atoms with Crippen LogP contribution in [-0.2, 0) is 4.79 Å². The Kier molecular flexibility index (Phi) is 3.19. The number of carbonyl (C=O) groups is 2. The summed E-state index contributed by atoms with van der Waals surface area (Å²) in [7, 11) is 0. The average Bonchev–Trinajstić information content (AvgIpc) is 2.64. The summed E-state index contributed by atoms with van der Waals surface area (Å²) in [4.78, 5) is 34.4. The van der Waals surface area contributed by atoms with E-state index in [4.69, 9.17) is 0 Å². The molecule has 0 bridgehead atoms. The highest BCUT2D eigenvalue weighted by Gasteiger charge is 2.13. The molecule has 5 heteroatoms. The van der Waals surface area contributed by atoms with Crippen molar-refractivity contribution < 1.29 is 9.59 Å². The molecule has 4 nitrogen and oxygen atoms in total. The van der Waals surface area contributed by atoms with Gasteiger partial charge >= 0.3 is 0 Å². The molecule has 0 aliphatic rings. The predicted octanol–water partition coefficient (Wildman–Crippen LogP) is 2.07. The Labute approximate surface area is 102 Å². The van der Waals surface area contributed by atoms with Crippen LogP contribution >= 0.6 is 11.5 Å². The number of aromatic nitrogens is 1. The molecule has 17 heavy (non-hydrogen) atoms. The first-order chi connectivity index (χ1) is 8.09. The Hall–Kier alpha value is -1.75. The lowest BCUT2D eigenvalue weighted by molar-refractivity contribution is -0.117. The van der Waals surface area contributed by atoms with Crippen LogP contribution in [0.1, 0.15) is 24.6 Å². The molecule has 88 valence electrons. The fourth-order valence-corrected chi connectivity index (χ4v) is 2.48. The van der Waals surface area contributed by atoms with Gasteiger partial charge in [0.05, 0.1) is 10.1 Å². The van der Waals surface area contributed by atoms with E-state index in [9.17, 15) is 14.4 Å². The summed E-state index contributed by atoms with van der Waals surface area (Å²) in [6.07, 6.45) is 0.265. The molecule has 1 heterocycles. The van der Waals surface area contributed by atoms with E-state index in [0.29, 0.717) is 5.39 Å². The van der Waals surface area contributed by atoms with Crippen LogP contribution < -0.4 is 5.56 Å². The minimum atomic E-state index is -0.314. The summed E-state index contributed by atoms with van der Waals surface area (Å²) in [6.45, 7) is 1.43. The molecule has 0 amide bonds. The summed E-state index contributed by atoms with van der Waals surface area (Å²) in [5.74, 6) is -0.362. The molecule has 0 saturated carbocycles. The molecule has 0 fully saturated rings. The highest BCUT2D eigenvalue weighted by Crippen LogP contribution is 2.16. The third-order valence-electron chi connectivity index (χ3n) is 2.41. The number of hydrogen-bond donors (Lipinski definition) is 0. The van der Waals surface area contributed by atoms with Gasteiger partial charge in [-0.15, -0.1) is 0 Å². The van der Waals surface area contributed by atoms with Crippen LogP contribution in [-0.4, -0.2) is 15.6 Å². The zero-order valence-electron chi connectivity index (χ0n) is 9.30. The molecule has 1 aromatic carbocycles. The Morgan fingerprint density at radius 3 is 2.59 bits per heavy atom. The van der Waals surface area contributed by atoms with Crippen LogP contribution in [0, 0.1) is 0 Å². The van der Waals surface area contributed by atoms with E-state index in [1.54, 1.807) is 18.2 Å². The number of ketones is 1. The molecular formula is C12H11NO3S. The molecule has 2 rings (SSSR count). The molecule has 0 N–H and O–H groups in total. The van der Waals surface area contributed by atoms with E-state index in [1.807, 2.05) is 6.07 Å². The van der Waals surface area contributed by atoms with Crippen LogP contribution in [0.15, 0.2) is 29.1 Å². The van der Waals surface area contributed by atoms with Crippen molar-refractivity contribution in [3.05, 3.63) is 34.6 Å². The molecule has 0 aliphatic carbocycles. The second kappa shape index (κ2) is 4.63. The van der Waals surface area contributed by atoms with Gasteiger partial charge in [-0.3, -0.25) is 9.59 Å². The third kappa shape index (κ3) is 2.34. The monoisotopic (exact) mass is 249 g/mol. The lowest BCUT2D eigenvalue weighted by Crippen LogP contribution is -2.21. The van der Waals surface area contributed by atoms with Crippen molar-refractivity contribution in [3.63, 3.8) is 0 Å². The zero-order chi connectivity index (χ0) is 12.4. The number of nitrogens with zero attached hydrogens (tertiary/aromatic N) is 1. The highest BCUT2D eigenvalue weighted by atomic mass is 32.1. The molecule has 0 atom stereocenters. The van der Waals surface area contributed by atoms with Crippen molar-refractivity contribution in [2.24, 2.45) is 0 Å². The number of Topliss-reactive ketones (excluding diaryl/α,β-unsaturated/α-hetero) is 1. The Morgan fingerprint density at radius 2 is 1.94 bits per heavy atom. The molecule has 0 unspecified atom stereocenters. The molecule has 2 aromatic rings. The average molecular weight is 249 g/mol. The summed E-state index contributed by atoms with van der Waals surface area (Å²) in [6, 6.07) is 7.09. The van der Waals surface area contributed by atoms with Gasteiger partial charge in [-0.2, -0.15) is 3.96 Å². The van der Waals surface area contributed by atoms with Gasteiger partial charge in [-0.1, -0.05) is 12.1 Å². The maximum absolute atomic E-state index is 11.9. The maximum Gasteiger partial charge on any atom is 0.275 e. The smallest absolute Gasteiger partial charge is 0.275 e. The van der Waals surface area contributed by atoms with Crippen molar-refractivity contribution >= 4 is 33.3 Å². The summed E-state index contributed by atoms with van der Waals surface area (Å²) in [5, 5.41) is 0.550. The van der Waals surface area contributed by atoms with Crippen LogP contribution in [0.3, 0.4) is 0 Å². The maximum atomic E-state index is 11.9. The molecule has 0 radical (unpaired) electrons. The molecule has 1 aromatic heterocycles. The van der Waals surface area contributed by atoms with Gasteiger partial charge in [-0.25, -0.2) is 0 Å².